The van der Waals surface area contributed by atoms with Gasteiger partial charge in [0.15, 0.2) is 0 Å². The summed E-state index contributed by atoms with van der Waals surface area (Å²) in [5.41, 5.74) is 0.584. The van der Waals surface area contributed by atoms with Gasteiger partial charge in [-0.1, -0.05) is 30.3 Å². The standard InChI is InChI=1S/C17H24ClNO2/c1-17(2,14-6-4-3-5-7-14)16(20)19-11-8-15(9-12-19)21-13-10-18/h3-7,15H,8-13H2,1-2H3. The molecule has 0 atom stereocenters. The number of hydrogen-bond acceptors (Lipinski definition) is 2. The van der Waals surface area contributed by atoms with Crippen molar-refractivity contribution in [2.24, 2.45) is 0 Å². The third-order valence-electron chi connectivity index (χ3n) is 4.19. The normalized spacial score (nSPS) is 17.0. The third kappa shape index (κ3) is 3.98. The van der Waals surface area contributed by atoms with Crippen LogP contribution in [0.25, 0.3) is 0 Å². The van der Waals surface area contributed by atoms with E-state index < -0.39 is 5.41 Å². The van der Waals surface area contributed by atoms with Crippen molar-refractivity contribution in [1.29, 1.82) is 0 Å². The minimum absolute atomic E-state index is 0.199. The molecular weight excluding hydrogens is 286 g/mol. The number of benzene rings is 1. The fourth-order valence-electron chi connectivity index (χ4n) is 2.81. The Kier molecular flexibility index (Phi) is 5.65. The summed E-state index contributed by atoms with van der Waals surface area (Å²) in [5, 5.41) is 0. The van der Waals surface area contributed by atoms with Crippen LogP contribution < -0.4 is 0 Å². The Hall–Kier alpha value is -1.06. The fraction of sp³-hybridized carbons (Fsp3) is 0.588. The fourth-order valence-corrected chi connectivity index (χ4v) is 2.90. The second-order valence-corrected chi connectivity index (χ2v) is 6.42. The molecule has 1 aliphatic heterocycles. The monoisotopic (exact) mass is 309 g/mol. The molecular formula is C17H24ClNO2. The second-order valence-electron chi connectivity index (χ2n) is 6.04. The van der Waals surface area contributed by atoms with E-state index in [9.17, 15) is 4.79 Å². The lowest BCUT2D eigenvalue weighted by Gasteiger charge is -2.37. The molecule has 21 heavy (non-hydrogen) atoms. The first-order valence-corrected chi connectivity index (χ1v) is 8.11. The van der Waals surface area contributed by atoms with Crippen molar-refractivity contribution in [3.63, 3.8) is 0 Å². The highest BCUT2D eigenvalue weighted by molar-refractivity contribution is 6.17. The van der Waals surface area contributed by atoms with Gasteiger partial charge < -0.3 is 9.64 Å². The van der Waals surface area contributed by atoms with Gasteiger partial charge in [0.05, 0.1) is 18.1 Å². The molecule has 1 heterocycles. The molecule has 0 spiro atoms. The number of carbonyl (C=O) groups is 1. The molecule has 0 N–H and O–H groups in total. The van der Waals surface area contributed by atoms with Gasteiger partial charge in [-0.2, -0.15) is 0 Å². The van der Waals surface area contributed by atoms with E-state index in [1.54, 1.807) is 0 Å². The molecule has 1 amide bonds. The Morgan fingerprint density at radius 3 is 2.48 bits per heavy atom. The van der Waals surface area contributed by atoms with E-state index in [1.807, 2.05) is 49.1 Å². The Morgan fingerprint density at radius 1 is 1.29 bits per heavy atom. The molecule has 1 aromatic carbocycles. The van der Waals surface area contributed by atoms with Crippen molar-refractivity contribution >= 4 is 17.5 Å². The zero-order valence-electron chi connectivity index (χ0n) is 12.8. The molecule has 0 bridgehead atoms. The maximum Gasteiger partial charge on any atom is 0.232 e. The number of alkyl halides is 1. The van der Waals surface area contributed by atoms with E-state index in [0.29, 0.717) is 12.5 Å². The number of rotatable bonds is 5. The van der Waals surface area contributed by atoms with Crippen LogP contribution in [-0.4, -0.2) is 42.5 Å². The molecule has 1 saturated heterocycles. The molecule has 4 heteroatoms. The summed E-state index contributed by atoms with van der Waals surface area (Å²) >= 11 is 5.64. The predicted octanol–water partition coefficient (Wildman–Crippen LogP) is 3.21. The summed E-state index contributed by atoms with van der Waals surface area (Å²) < 4.78 is 5.66. The van der Waals surface area contributed by atoms with Crippen LogP contribution in [0, 0.1) is 0 Å². The van der Waals surface area contributed by atoms with Gasteiger partial charge in [-0.05, 0) is 32.3 Å². The van der Waals surface area contributed by atoms with Gasteiger partial charge in [0, 0.05) is 19.0 Å². The Morgan fingerprint density at radius 2 is 1.90 bits per heavy atom. The van der Waals surface area contributed by atoms with Crippen LogP contribution in [0.15, 0.2) is 30.3 Å². The van der Waals surface area contributed by atoms with E-state index in [4.69, 9.17) is 16.3 Å². The summed E-state index contributed by atoms with van der Waals surface area (Å²) in [5.74, 6) is 0.727. The van der Waals surface area contributed by atoms with Gasteiger partial charge in [0.1, 0.15) is 0 Å². The SMILES string of the molecule is CC(C)(C(=O)N1CCC(OCCCl)CC1)c1ccccc1. The molecule has 3 nitrogen and oxygen atoms in total. The van der Waals surface area contributed by atoms with Crippen LogP contribution in [-0.2, 0) is 14.9 Å². The average molecular weight is 310 g/mol. The number of ether oxygens (including phenoxy) is 1. The molecule has 1 aromatic rings. The number of amides is 1. The van der Waals surface area contributed by atoms with Crippen molar-refractivity contribution in [3.05, 3.63) is 35.9 Å². The molecule has 0 radical (unpaired) electrons. The summed E-state index contributed by atoms with van der Waals surface area (Å²) in [6.45, 7) is 6.13. The first kappa shape index (κ1) is 16.3. The predicted molar refractivity (Wildman–Crippen MR) is 85.7 cm³/mol. The van der Waals surface area contributed by atoms with Crippen molar-refractivity contribution in [3.8, 4) is 0 Å². The van der Waals surface area contributed by atoms with Gasteiger partial charge in [-0.3, -0.25) is 4.79 Å². The van der Waals surface area contributed by atoms with E-state index in [0.717, 1.165) is 31.5 Å². The molecule has 1 fully saturated rings. The molecule has 0 unspecified atom stereocenters. The number of likely N-dealkylation sites (tertiary alicyclic amines) is 1. The lowest BCUT2D eigenvalue weighted by Crippen LogP contribution is -2.48. The number of carbonyl (C=O) groups excluding carboxylic acids is 1. The van der Waals surface area contributed by atoms with Gasteiger partial charge in [0.25, 0.3) is 0 Å². The van der Waals surface area contributed by atoms with E-state index >= 15 is 0 Å². The Labute approximate surface area is 132 Å². The lowest BCUT2D eigenvalue weighted by molar-refractivity contribution is -0.138. The maximum absolute atomic E-state index is 12.8. The van der Waals surface area contributed by atoms with Crippen LogP contribution in [0.1, 0.15) is 32.3 Å². The molecule has 0 saturated carbocycles. The highest BCUT2D eigenvalue weighted by Crippen LogP contribution is 2.27. The minimum atomic E-state index is -0.481. The average Bonchev–Trinajstić information content (AvgIpc) is 2.53. The largest absolute Gasteiger partial charge is 0.377 e. The summed E-state index contributed by atoms with van der Waals surface area (Å²) in [6, 6.07) is 9.99. The first-order chi connectivity index (χ1) is 10.1. The number of nitrogens with zero attached hydrogens (tertiary/aromatic N) is 1. The summed E-state index contributed by atoms with van der Waals surface area (Å²) in [6.07, 6.45) is 2.04. The van der Waals surface area contributed by atoms with Gasteiger partial charge in [-0.15, -0.1) is 11.6 Å². The molecule has 0 aromatic heterocycles. The van der Waals surface area contributed by atoms with Gasteiger partial charge in [-0.25, -0.2) is 0 Å². The summed E-state index contributed by atoms with van der Waals surface area (Å²) in [7, 11) is 0. The number of piperidine rings is 1. The van der Waals surface area contributed by atoms with Crippen LogP contribution in [0.4, 0.5) is 0 Å². The molecule has 116 valence electrons. The highest BCUT2D eigenvalue weighted by Gasteiger charge is 2.35. The quantitative estimate of drug-likeness (QED) is 0.782. The smallest absolute Gasteiger partial charge is 0.232 e. The second kappa shape index (κ2) is 7.28. The lowest BCUT2D eigenvalue weighted by atomic mass is 9.82. The Bertz CT molecular complexity index is 453. The van der Waals surface area contributed by atoms with E-state index in [2.05, 4.69) is 0 Å². The molecule has 2 rings (SSSR count). The van der Waals surface area contributed by atoms with Crippen LogP contribution in [0.2, 0.25) is 0 Å². The van der Waals surface area contributed by atoms with Crippen LogP contribution in [0.5, 0.6) is 0 Å². The van der Waals surface area contributed by atoms with Crippen molar-refractivity contribution in [1.82, 2.24) is 4.90 Å². The van der Waals surface area contributed by atoms with Crippen LogP contribution >= 0.6 is 11.6 Å². The first-order valence-electron chi connectivity index (χ1n) is 7.58. The van der Waals surface area contributed by atoms with Crippen LogP contribution in [0.3, 0.4) is 0 Å². The third-order valence-corrected chi connectivity index (χ3v) is 4.34. The van der Waals surface area contributed by atoms with Crippen molar-refractivity contribution < 1.29 is 9.53 Å². The number of hydrogen-bond donors (Lipinski definition) is 0. The van der Waals surface area contributed by atoms with Crippen molar-refractivity contribution in [2.75, 3.05) is 25.6 Å². The Balaban J connectivity index is 1.95. The minimum Gasteiger partial charge on any atom is -0.377 e. The topological polar surface area (TPSA) is 29.5 Å². The number of halogens is 1. The zero-order valence-corrected chi connectivity index (χ0v) is 13.6. The van der Waals surface area contributed by atoms with E-state index in [-0.39, 0.29) is 12.0 Å². The molecule has 1 aliphatic rings. The van der Waals surface area contributed by atoms with E-state index in [1.165, 1.54) is 0 Å². The van der Waals surface area contributed by atoms with Gasteiger partial charge >= 0.3 is 0 Å². The summed E-state index contributed by atoms with van der Waals surface area (Å²) in [4.78, 5) is 14.8. The highest BCUT2D eigenvalue weighted by atomic mass is 35.5. The maximum atomic E-state index is 12.8. The zero-order chi connectivity index (χ0) is 15.3. The van der Waals surface area contributed by atoms with Gasteiger partial charge in [0.2, 0.25) is 5.91 Å². The van der Waals surface area contributed by atoms with Crippen molar-refractivity contribution in [2.45, 2.75) is 38.2 Å². The molecule has 0 aliphatic carbocycles.